The molecule has 0 saturated carbocycles. The van der Waals surface area contributed by atoms with Crippen molar-refractivity contribution in [3.05, 3.63) is 75.9 Å². The number of aromatic nitrogens is 2. The molecule has 2 N–H and O–H groups in total. The minimum Gasteiger partial charge on any atom is -0.332 e. The van der Waals surface area contributed by atoms with Crippen LogP contribution in [0.3, 0.4) is 0 Å². The molecule has 1 heterocycles. The van der Waals surface area contributed by atoms with Crippen LogP contribution in [0.5, 0.6) is 0 Å². The number of nitrogens with one attached hydrogen (secondary N) is 2. The summed E-state index contributed by atoms with van der Waals surface area (Å²) in [5.41, 5.74) is 2.10. The van der Waals surface area contributed by atoms with E-state index >= 15 is 0 Å². The van der Waals surface area contributed by atoms with Crippen LogP contribution in [0, 0.1) is 49.9 Å². The molecule has 0 aliphatic rings. The zero-order valence-corrected chi connectivity index (χ0v) is 17.0. The molecule has 1 aromatic heterocycles. The van der Waals surface area contributed by atoms with Gasteiger partial charge in [0.25, 0.3) is 0 Å². The molecule has 0 atom stereocenters. The third-order valence-electron chi connectivity index (χ3n) is 4.62. The maximum Gasteiger partial charge on any atom is 0.200 e. The maximum atomic E-state index is 14.0. The molecule has 3 aromatic rings. The molecule has 0 amide bonds. The summed E-state index contributed by atoms with van der Waals surface area (Å²) in [5.74, 6) is -9.95. The lowest BCUT2D eigenvalue weighted by Crippen LogP contribution is -2.20. The van der Waals surface area contributed by atoms with Gasteiger partial charge in [0.1, 0.15) is 0 Å². The number of anilines is 2. The average Bonchev–Trinajstić information content (AvgIpc) is 2.97. The van der Waals surface area contributed by atoms with Gasteiger partial charge in [0.2, 0.25) is 5.82 Å². The Balaban J connectivity index is 1.87. The Morgan fingerprint density at radius 3 is 2.07 bits per heavy atom. The Labute approximate surface area is 174 Å². The number of benzene rings is 2. The van der Waals surface area contributed by atoms with Crippen molar-refractivity contribution < 1.29 is 22.0 Å². The monoisotopic (exact) mass is 440 g/mol. The lowest BCUT2D eigenvalue weighted by atomic mass is 10.1. The van der Waals surface area contributed by atoms with Crippen molar-refractivity contribution in [2.75, 3.05) is 10.6 Å². The molecule has 0 spiro atoms. The molecule has 0 saturated heterocycles. The second kappa shape index (κ2) is 8.39. The van der Waals surface area contributed by atoms with Crippen LogP contribution in [-0.2, 0) is 6.54 Å². The van der Waals surface area contributed by atoms with Gasteiger partial charge in [-0.25, -0.2) is 22.0 Å². The van der Waals surface area contributed by atoms with Gasteiger partial charge in [0.15, 0.2) is 28.4 Å². The van der Waals surface area contributed by atoms with E-state index in [1.54, 1.807) is 13.8 Å². The van der Waals surface area contributed by atoms with Crippen molar-refractivity contribution in [1.82, 2.24) is 9.78 Å². The van der Waals surface area contributed by atoms with E-state index in [9.17, 15) is 22.0 Å². The Morgan fingerprint density at radius 2 is 1.47 bits per heavy atom. The standard InChI is InChI=1S/C20H17F5N4S/c1-9-6-4-5-7-13(9)26-20(30)27-19-10(2)28-29(11(19)3)8-12-14(21)16(23)18(25)17(24)15(12)22/h4-7H,8H2,1-3H3,(H2,26,27,30). The smallest absolute Gasteiger partial charge is 0.200 e. The average molecular weight is 440 g/mol. The van der Waals surface area contributed by atoms with Crippen molar-refractivity contribution in [3.63, 3.8) is 0 Å². The van der Waals surface area contributed by atoms with Crippen molar-refractivity contribution in [3.8, 4) is 0 Å². The van der Waals surface area contributed by atoms with Gasteiger partial charge >= 0.3 is 0 Å². The van der Waals surface area contributed by atoms with Gasteiger partial charge < -0.3 is 10.6 Å². The fourth-order valence-corrected chi connectivity index (χ4v) is 3.16. The molecular formula is C20H17F5N4S. The first-order chi connectivity index (χ1) is 14.1. The molecule has 0 aliphatic heterocycles. The van der Waals surface area contributed by atoms with E-state index in [-0.39, 0.29) is 5.11 Å². The third-order valence-corrected chi connectivity index (χ3v) is 4.83. The zero-order chi connectivity index (χ0) is 22.2. The summed E-state index contributed by atoms with van der Waals surface area (Å²) in [6.07, 6.45) is 0. The molecule has 0 bridgehead atoms. The van der Waals surface area contributed by atoms with E-state index in [0.29, 0.717) is 17.1 Å². The number of thiocarbonyl (C=S) groups is 1. The summed E-state index contributed by atoms with van der Waals surface area (Å²) in [6, 6.07) is 7.48. The van der Waals surface area contributed by atoms with Crippen molar-refractivity contribution in [2.24, 2.45) is 0 Å². The summed E-state index contributed by atoms with van der Waals surface area (Å²) in [4.78, 5) is 0. The summed E-state index contributed by atoms with van der Waals surface area (Å²) < 4.78 is 69.4. The number of halogens is 5. The Kier molecular flexibility index (Phi) is 6.06. The van der Waals surface area contributed by atoms with Crippen LogP contribution in [0.2, 0.25) is 0 Å². The number of nitrogens with zero attached hydrogens (tertiary/aromatic N) is 2. The number of hydrogen-bond acceptors (Lipinski definition) is 2. The van der Waals surface area contributed by atoms with Gasteiger partial charge in [0, 0.05) is 5.69 Å². The molecule has 2 aromatic carbocycles. The highest BCUT2D eigenvalue weighted by Crippen LogP contribution is 2.26. The van der Waals surface area contributed by atoms with E-state index in [4.69, 9.17) is 12.2 Å². The molecule has 0 unspecified atom stereocenters. The summed E-state index contributed by atoms with van der Waals surface area (Å²) >= 11 is 5.31. The first kappa shape index (κ1) is 21.7. The first-order valence-corrected chi connectivity index (χ1v) is 9.20. The summed E-state index contributed by atoms with van der Waals surface area (Å²) in [5, 5.41) is 10.4. The van der Waals surface area contributed by atoms with Crippen molar-refractivity contribution >= 4 is 28.7 Å². The quantitative estimate of drug-likeness (QED) is 0.248. The van der Waals surface area contributed by atoms with Gasteiger partial charge in [-0.15, -0.1) is 0 Å². The van der Waals surface area contributed by atoms with Crippen LogP contribution in [0.15, 0.2) is 24.3 Å². The van der Waals surface area contributed by atoms with Gasteiger partial charge in [-0.2, -0.15) is 5.10 Å². The van der Waals surface area contributed by atoms with Crippen molar-refractivity contribution in [1.29, 1.82) is 0 Å². The third kappa shape index (κ3) is 4.00. The molecule has 158 valence electrons. The van der Waals surface area contributed by atoms with Crippen LogP contribution in [0.4, 0.5) is 33.3 Å². The molecule has 30 heavy (non-hydrogen) atoms. The molecule has 4 nitrogen and oxygen atoms in total. The topological polar surface area (TPSA) is 41.9 Å². The molecule has 0 fully saturated rings. The minimum absolute atomic E-state index is 0.256. The molecule has 0 aliphatic carbocycles. The number of aryl methyl sites for hydroxylation is 2. The van der Waals surface area contributed by atoms with Crippen molar-refractivity contribution in [2.45, 2.75) is 27.3 Å². The van der Waals surface area contributed by atoms with Gasteiger partial charge in [-0.3, -0.25) is 4.68 Å². The lowest BCUT2D eigenvalue weighted by Gasteiger charge is -2.13. The van der Waals surface area contributed by atoms with E-state index < -0.39 is 41.2 Å². The highest BCUT2D eigenvalue weighted by molar-refractivity contribution is 7.80. The van der Waals surface area contributed by atoms with E-state index in [1.807, 2.05) is 31.2 Å². The lowest BCUT2D eigenvalue weighted by molar-refractivity contribution is 0.366. The number of para-hydroxylation sites is 1. The van der Waals surface area contributed by atoms with E-state index in [2.05, 4.69) is 15.7 Å². The predicted octanol–water partition coefficient (Wildman–Crippen LogP) is 5.36. The summed E-state index contributed by atoms with van der Waals surface area (Å²) in [7, 11) is 0. The van der Waals surface area contributed by atoms with Crippen LogP contribution in [0.25, 0.3) is 0 Å². The Hall–Kier alpha value is -3.01. The number of hydrogen-bond donors (Lipinski definition) is 2. The zero-order valence-electron chi connectivity index (χ0n) is 16.2. The van der Waals surface area contributed by atoms with Gasteiger partial charge in [-0.1, -0.05) is 18.2 Å². The maximum absolute atomic E-state index is 14.0. The normalized spacial score (nSPS) is 10.9. The largest absolute Gasteiger partial charge is 0.332 e. The van der Waals surface area contributed by atoms with Gasteiger partial charge in [0.05, 0.1) is 29.2 Å². The highest BCUT2D eigenvalue weighted by atomic mass is 32.1. The SMILES string of the molecule is Cc1ccccc1NC(=S)Nc1c(C)nn(Cc2c(F)c(F)c(F)c(F)c2F)c1C. The molecular weight excluding hydrogens is 423 g/mol. The Bertz CT molecular complexity index is 1110. The molecule has 10 heteroatoms. The van der Waals surface area contributed by atoms with Crippen LogP contribution in [0.1, 0.15) is 22.5 Å². The molecule has 3 rings (SSSR count). The fraction of sp³-hybridized carbons (Fsp3) is 0.200. The second-order valence-corrected chi connectivity index (χ2v) is 7.05. The predicted molar refractivity (Wildman–Crippen MR) is 108 cm³/mol. The van der Waals surface area contributed by atoms with Gasteiger partial charge in [-0.05, 0) is 44.6 Å². The van der Waals surface area contributed by atoms with Crippen LogP contribution in [-0.4, -0.2) is 14.9 Å². The first-order valence-electron chi connectivity index (χ1n) is 8.79. The van der Waals surface area contributed by atoms with Crippen LogP contribution >= 0.6 is 12.2 Å². The minimum atomic E-state index is -2.20. The number of rotatable bonds is 4. The highest BCUT2D eigenvalue weighted by Gasteiger charge is 2.26. The van der Waals surface area contributed by atoms with E-state index in [0.717, 1.165) is 15.9 Å². The Morgan fingerprint density at radius 1 is 0.900 bits per heavy atom. The van der Waals surface area contributed by atoms with Crippen LogP contribution < -0.4 is 10.6 Å². The molecule has 0 radical (unpaired) electrons. The second-order valence-electron chi connectivity index (χ2n) is 6.65. The summed E-state index contributed by atoms with van der Waals surface area (Å²) in [6.45, 7) is 4.48. The fourth-order valence-electron chi connectivity index (χ4n) is 2.95. The van der Waals surface area contributed by atoms with E-state index in [1.165, 1.54) is 0 Å².